The van der Waals surface area contributed by atoms with Gasteiger partial charge in [-0.25, -0.2) is 4.39 Å². The number of nitrogens with zero attached hydrogens (tertiary/aromatic N) is 1. The van der Waals surface area contributed by atoms with Gasteiger partial charge in [0.25, 0.3) is 0 Å². The van der Waals surface area contributed by atoms with Crippen LogP contribution in [0, 0.1) is 5.82 Å². The molecule has 4 aromatic rings. The summed E-state index contributed by atoms with van der Waals surface area (Å²) in [6.07, 6.45) is 3.48. The first kappa shape index (κ1) is 21.3. The predicted octanol–water partition coefficient (Wildman–Crippen LogP) is 6.33. The van der Waals surface area contributed by atoms with Gasteiger partial charge in [-0.15, -0.1) is 11.3 Å². The fourth-order valence-corrected chi connectivity index (χ4v) is 4.79. The molecule has 2 heterocycles. The number of nitrogens with one attached hydrogen (secondary N) is 1. The molecule has 2 aromatic heterocycles. The zero-order valence-corrected chi connectivity index (χ0v) is 18.7. The standard InChI is InChI=1S/C26H27FN2OS/c1-3-18(2)28-26(30)15-22(25-9-6-14-31-25)23-17-29(24-8-5-4-7-21(23)24)16-19-10-12-20(27)13-11-19/h4-14,17-18,22H,3,15-16H2,1-2H3,(H,28,30)/t18-,22+/m0/s1. The van der Waals surface area contributed by atoms with Crippen LogP contribution in [0.3, 0.4) is 0 Å². The van der Waals surface area contributed by atoms with E-state index in [1.807, 2.05) is 37.3 Å². The number of fused-ring (bicyclic) bond motifs is 1. The summed E-state index contributed by atoms with van der Waals surface area (Å²) in [5.74, 6) is -0.168. The van der Waals surface area contributed by atoms with Crippen LogP contribution in [0.1, 0.15) is 48.6 Å². The van der Waals surface area contributed by atoms with Crippen molar-refractivity contribution in [1.82, 2.24) is 9.88 Å². The summed E-state index contributed by atoms with van der Waals surface area (Å²) in [5.41, 5.74) is 3.31. The monoisotopic (exact) mass is 434 g/mol. The van der Waals surface area contributed by atoms with E-state index in [1.54, 1.807) is 11.3 Å². The predicted molar refractivity (Wildman–Crippen MR) is 126 cm³/mol. The molecule has 0 spiro atoms. The number of amides is 1. The van der Waals surface area contributed by atoms with Crippen LogP contribution in [0.15, 0.2) is 72.2 Å². The van der Waals surface area contributed by atoms with Crippen LogP contribution in [0.4, 0.5) is 4.39 Å². The first-order chi connectivity index (χ1) is 15.0. The maximum atomic E-state index is 13.3. The number of para-hydroxylation sites is 1. The van der Waals surface area contributed by atoms with Crippen LogP contribution in [0.5, 0.6) is 0 Å². The summed E-state index contributed by atoms with van der Waals surface area (Å²) in [6.45, 7) is 4.76. The Kier molecular flexibility index (Phi) is 6.52. The molecule has 2 aromatic carbocycles. The molecule has 0 bridgehead atoms. The maximum Gasteiger partial charge on any atom is 0.221 e. The fourth-order valence-electron chi connectivity index (χ4n) is 3.94. The van der Waals surface area contributed by atoms with Crippen molar-refractivity contribution in [2.24, 2.45) is 0 Å². The van der Waals surface area contributed by atoms with E-state index in [4.69, 9.17) is 0 Å². The number of carbonyl (C=O) groups excluding carboxylic acids is 1. The molecule has 31 heavy (non-hydrogen) atoms. The Bertz CT molecular complexity index is 1150. The topological polar surface area (TPSA) is 34.0 Å². The largest absolute Gasteiger partial charge is 0.354 e. The number of thiophene rings is 1. The highest BCUT2D eigenvalue weighted by Gasteiger charge is 2.24. The van der Waals surface area contributed by atoms with E-state index >= 15 is 0 Å². The highest BCUT2D eigenvalue weighted by molar-refractivity contribution is 7.10. The van der Waals surface area contributed by atoms with Crippen LogP contribution < -0.4 is 5.32 Å². The molecule has 2 atom stereocenters. The van der Waals surface area contributed by atoms with Gasteiger partial charge in [0.15, 0.2) is 0 Å². The van der Waals surface area contributed by atoms with Gasteiger partial charge in [-0.2, -0.15) is 0 Å². The molecule has 0 aliphatic rings. The van der Waals surface area contributed by atoms with Crippen molar-refractivity contribution in [2.45, 2.75) is 45.2 Å². The molecule has 0 aliphatic heterocycles. The van der Waals surface area contributed by atoms with Crippen molar-refractivity contribution in [3.8, 4) is 0 Å². The molecular formula is C26H27FN2OS. The summed E-state index contributed by atoms with van der Waals surface area (Å²) in [6, 6.07) is 19.2. The normalized spacial score (nSPS) is 13.3. The number of hydrogen-bond donors (Lipinski definition) is 1. The Balaban J connectivity index is 1.72. The molecule has 0 unspecified atom stereocenters. The van der Waals surface area contributed by atoms with Gasteiger partial charge in [-0.1, -0.05) is 43.3 Å². The molecule has 4 rings (SSSR count). The Morgan fingerprint density at radius 1 is 1.10 bits per heavy atom. The third-order valence-corrected chi connectivity index (χ3v) is 6.74. The van der Waals surface area contributed by atoms with Gasteiger partial charge in [0, 0.05) is 46.9 Å². The van der Waals surface area contributed by atoms with E-state index < -0.39 is 0 Å². The minimum Gasteiger partial charge on any atom is -0.354 e. The van der Waals surface area contributed by atoms with Crippen molar-refractivity contribution in [1.29, 1.82) is 0 Å². The number of carbonyl (C=O) groups is 1. The van der Waals surface area contributed by atoms with E-state index in [1.165, 1.54) is 17.0 Å². The van der Waals surface area contributed by atoms with Crippen LogP contribution in [0.2, 0.25) is 0 Å². The smallest absolute Gasteiger partial charge is 0.221 e. The SMILES string of the molecule is CC[C@H](C)NC(=O)C[C@@H](c1cccs1)c1cn(Cc2ccc(F)cc2)c2ccccc12. The Morgan fingerprint density at radius 2 is 1.87 bits per heavy atom. The molecule has 5 heteroatoms. The van der Waals surface area contributed by atoms with Gasteiger partial charge in [-0.05, 0) is 54.1 Å². The number of halogens is 1. The lowest BCUT2D eigenvalue weighted by Crippen LogP contribution is -2.32. The average Bonchev–Trinajstić information content (AvgIpc) is 3.43. The lowest BCUT2D eigenvalue weighted by atomic mass is 9.93. The minimum atomic E-state index is -0.230. The van der Waals surface area contributed by atoms with Crippen LogP contribution in [0.25, 0.3) is 10.9 Å². The van der Waals surface area contributed by atoms with Crippen molar-refractivity contribution < 1.29 is 9.18 Å². The number of hydrogen-bond acceptors (Lipinski definition) is 2. The van der Waals surface area contributed by atoms with Gasteiger partial charge < -0.3 is 9.88 Å². The number of aromatic nitrogens is 1. The first-order valence-corrected chi connectivity index (χ1v) is 11.6. The second kappa shape index (κ2) is 9.48. The maximum absolute atomic E-state index is 13.3. The van der Waals surface area contributed by atoms with Gasteiger partial charge in [0.1, 0.15) is 5.82 Å². The summed E-state index contributed by atoms with van der Waals surface area (Å²) in [5, 5.41) is 6.33. The van der Waals surface area contributed by atoms with Crippen molar-refractivity contribution in [2.75, 3.05) is 0 Å². The Morgan fingerprint density at radius 3 is 2.58 bits per heavy atom. The molecule has 0 saturated carbocycles. The van der Waals surface area contributed by atoms with Crippen molar-refractivity contribution in [3.05, 3.63) is 94.1 Å². The average molecular weight is 435 g/mol. The van der Waals surface area contributed by atoms with Crippen LogP contribution in [-0.4, -0.2) is 16.5 Å². The highest BCUT2D eigenvalue weighted by Crippen LogP contribution is 2.37. The van der Waals surface area contributed by atoms with E-state index in [0.29, 0.717) is 13.0 Å². The minimum absolute atomic E-state index is 0.0107. The van der Waals surface area contributed by atoms with Gasteiger partial charge >= 0.3 is 0 Å². The summed E-state index contributed by atoms with van der Waals surface area (Å²) in [7, 11) is 0. The first-order valence-electron chi connectivity index (χ1n) is 10.7. The van der Waals surface area contributed by atoms with Gasteiger partial charge in [-0.3, -0.25) is 4.79 Å². The molecule has 0 radical (unpaired) electrons. The summed E-state index contributed by atoms with van der Waals surface area (Å²) < 4.78 is 15.5. The number of rotatable bonds is 8. The summed E-state index contributed by atoms with van der Waals surface area (Å²) >= 11 is 1.68. The molecule has 3 nitrogen and oxygen atoms in total. The Hall–Kier alpha value is -2.92. The third kappa shape index (κ3) is 4.88. The molecular weight excluding hydrogens is 407 g/mol. The lowest BCUT2D eigenvalue weighted by molar-refractivity contribution is -0.121. The summed E-state index contributed by atoms with van der Waals surface area (Å²) in [4.78, 5) is 14.0. The second-order valence-electron chi connectivity index (χ2n) is 8.00. The fraction of sp³-hybridized carbons (Fsp3) is 0.269. The zero-order valence-electron chi connectivity index (χ0n) is 17.8. The molecule has 1 amide bonds. The van der Waals surface area contributed by atoms with Crippen LogP contribution >= 0.6 is 11.3 Å². The molecule has 0 aliphatic carbocycles. The van der Waals surface area contributed by atoms with Crippen molar-refractivity contribution in [3.63, 3.8) is 0 Å². The highest BCUT2D eigenvalue weighted by atomic mass is 32.1. The van der Waals surface area contributed by atoms with E-state index in [2.05, 4.69) is 46.6 Å². The van der Waals surface area contributed by atoms with E-state index in [0.717, 1.165) is 28.5 Å². The number of benzene rings is 2. The quantitative estimate of drug-likeness (QED) is 0.346. The molecule has 1 N–H and O–H groups in total. The van der Waals surface area contributed by atoms with Gasteiger partial charge in [0.05, 0.1) is 0 Å². The van der Waals surface area contributed by atoms with Crippen LogP contribution in [-0.2, 0) is 11.3 Å². The Labute approximate surface area is 186 Å². The third-order valence-electron chi connectivity index (χ3n) is 5.76. The van der Waals surface area contributed by atoms with E-state index in [9.17, 15) is 9.18 Å². The zero-order chi connectivity index (χ0) is 21.8. The molecule has 0 fully saturated rings. The molecule has 160 valence electrons. The van der Waals surface area contributed by atoms with Gasteiger partial charge in [0.2, 0.25) is 5.91 Å². The van der Waals surface area contributed by atoms with Crippen molar-refractivity contribution >= 4 is 28.1 Å². The van der Waals surface area contributed by atoms with E-state index in [-0.39, 0.29) is 23.7 Å². The lowest BCUT2D eigenvalue weighted by Gasteiger charge is -2.17. The second-order valence-corrected chi connectivity index (χ2v) is 8.98. The molecule has 0 saturated heterocycles.